The van der Waals surface area contributed by atoms with Crippen LogP contribution in [0.2, 0.25) is 0 Å². The van der Waals surface area contributed by atoms with E-state index in [0.29, 0.717) is 0 Å². The monoisotopic (exact) mass is 382 g/mol. The summed E-state index contributed by atoms with van der Waals surface area (Å²) in [7, 11) is -4.66. The van der Waals surface area contributed by atoms with Crippen molar-refractivity contribution < 1.29 is 22.0 Å². The van der Waals surface area contributed by atoms with Gasteiger partial charge in [0.05, 0.1) is 21.7 Å². The first-order chi connectivity index (χ1) is 11.9. The predicted octanol–water partition coefficient (Wildman–Crippen LogP) is 3.22. The SMILES string of the molecule is O=C(NCc1nc2ccccc2s1)c1ccc(S(=O)(=O)C(F)F)cc1. The Hall–Kier alpha value is -2.39. The Morgan fingerprint density at radius 1 is 1.12 bits per heavy atom. The highest BCUT2D eigenvalue weighted by atomic mass is 32.2. The van der Waals surface area contributed by atoms with Gasteiger partial charge in [0, 0.05) is 5.56 Å². The third-order valence-corrected chi connectivity index (χ3v) is 5.85. The van der Waals surface area contributed by atoms with Gasteiger partial charge in [0.1, 0.15) is 5.01 Å². The number of rotatable bonds is 5. The number of nitrogens with zero attached hydrogens (tertiary/aromatic N) is 1. The van der Waals surface area contributed by atoms with Crippen LogP contribution in [0, 0.1) is 0 Å². The van der Waals surface area contributed by atoms with Crippen LogP contribution >= 0.6 is 11.3 Å². The Labute approximate surface area is 146 Å². The van der Waals surface area contributed by atoms with Crippen LogP contribution in [0.5, 0.6) is 0 Å². The van der Waals surface area contributed by atoms with E-state index in [-0.39, 0.29) is 12.1 Å². The Morgan fingerprint density at radius 2 is 1.80 bits per heavy atom. The number of thiazole rings is 1. The normalized spacial score (nSPS) is 11.8. The number of fused-ring (bicyclic) bond motifs is 1. The molecule has 1 N–H and O–H groups in total. The van der Waals surface area contributed by atoms with E-state index in [1.54, 1.807) is 0 Å². The van der Waals surface area contributed by atoms with Crippen molar-refractivity contribution in [3.05, 3.63) is 59.1 Å². The summed E-state index contributed by atoms with van der Waals surface area (Å²) in [6.07, 6.45) is 0. The lowest BCUT2D eigenvalue weighted by Gasteiger charge is -2.05. The van der Waals surface area contributed by atoms with E-state index in [0.717, 1.165) is 27.4 Å². The van der Waals surface area contributed by atoms with E-state index < -0.39 is 26.4 Å². The van der Waals surface area contributed by atoms with E-state index >= 15 is 0 Å². The number of hydrogen-bond acceptors (Lipinski definition) is 5. The number of halogens is 2. The molecule has 0 aliphatic heterocycles. The zero-order chi connectivity index (χ0) is 18.0. The summed E-state index contributed by atoms with van der Waals surface area (Å²) in [4.78, 5) is 16.0. The summed E-state index contributed by atoms with van der Waals surface area (Å²) in [6, 6.07) is 12.0. The average molecular weight is 382 g/mol. The predicted molar refractivity (Wildman–Crippen MR) is 90.4 cm³/mol. The van der Waals surface area contributed by atoms with Crippen LogP contribution in [-0.4, -0.2) is 25.1 Å². The fraction of sp³-hybridized carbons (Fsp3) is 0.125. The molecule has 0 radical (unpaired) electrons. The Bertz CT molecular complexity index is 982. The Morgan fingerprint density at radius 3 is 2.44 bits per heavy atom. The molecule has 0 aliphatic carbocycles. The second-order valence-corrected chi connectivity index (χ2v) is 8.12. The third-order valence-electron chi connectivity index (χ3n) is 3.42. The zero-order valence-corrected chi connectivity index (χ0v) is 14.3. The minimum absolute atomic E-state index is 0.175. The van der Waals surface area contributed by atoms with Gasteiger partial charge < -0.3 is 5.32 Å². The molecule has 9 heteroatoms. The van der Waals surface area contributed by atoms with Crippen LogP contribution in [-0.2, 0) is 16.4 Å². The highest BCUT2D eigenvalue weighted by molar-refractivity contribution is 7.91. The summed E-state index contributed by atoms with van der Waals surface area (Å²) in [6.45, 7) is 0.218. The smallest absolute Gasteiger partial charge is 0.341 e. The molecular weight excluding hydrogens is 370 g/mol. The first-order valence-corrected chi connectivity index (χ1v) is 9.49. The summed E-state index contributed by atoms with van der Waals surface area (Å²) >= 11 is 1.45. The minimum atomic E-state index is -4.66. The molecule has 1 amide bonds. The maximum absolute atomic E-state index is 12.5. The molecular formula is C16H12F2N2O3S2. The number of sulfone groups is 1. The molecule has 25 heavy (non-hydrogen) atoms. The van der Waals surface area contributed by atoms with Crippen molar-refractivity contribution >= 4 is 37.3 Å². The standard InChI is InChI=1S/C16H12F2N2O3S2/c17-16(18)25(22,23)11-7-5-10(6-8-11)15(21)19-9-14-20-12-3-1-2-4-13(12)24-14/h1-8,16H,9H2,(H,19,21). The van der Waals surface area contributed by atoms with Crippen LogP contribution in [0.3, 0.4) is 0 Å². The Balaban J connectivity index is 1.69. The number of carbonyl (C=O) groups excluding carboxylic acids is 1. The molecule has 0 unspecified atom stereocenters. The van der Waals surface area contributed by atoms with Crippen molar-refractivity contribution in [2.24, 2.45) is 0 Å². The fourth-order valence-electron chi connectivity index (χ4n) is 2.15. The van der Waals surface area contributed by atoms with Gasteiger partial charge in [0.15, 0.2) is 0 Å². The summed E-state index contributed by atoms with van der Waals surface area (Å²) in [5.74, 6) is -3.94. The van der Waals surface area contributed by atoms with E-state index in [9.17, 15) is 22.0 Å². The lowest BCUT2D eigenvalue weighted by molar-refractivity contribution is 0.0951. The van der Waals surface area contributed by atoms with Crippen molar-refractivity contribution in [2.45, 2.75) is 17.2 Å². The highest BCUT2D eigenvalue weighted by Gasteiger charge is 2.26. The van der Waals surface area contributed by atoms with Gasteiger partial charge >= 0.3 is 5.76 Å². The van der Waals surface area contributed by atoms with Gasteiger partial charge in [-0.1, -0.05) is 12.1 Å². The molecule has 2 aromatic carbocycles. The van der Waals surface area contributed by atoms with Crippen LogP contribution in [0.1, 0.15) is 15.4 Å². The van der Waals surface area contributed by atoms with Crippen LogP contribution in [0.4, 0.5) is 8.78 Å². The molecule has 1 aromatic heterocycles. The number of carbonyl (C=O) groups is 1. The molecule has 130 valence electrons. The van der Waals surface area contributed by atoms with Crippen molar-refractivity contribution in [1.29, 1.82) is 0 Å². The molecule has 3 aromatic rings. The van der Waals surface area contributed by atoms with E-state index in [2.05, 4.69) is 10.3 Å². The molecule has 5 nitrogen and oxygen atoms in total. The van der Waals surface area contributed by atoms with Gasteiger partial charge in [-0.25, -0.2) is 13.4 Å². The Kier molecular flexibility index (Phi) is 4.78. The average Bonchev–Trinajstić information content (AvgIpc) is 3.02. The van der Waals surface area contributed by atoms with Crippen molar-refractivity contribution in [1.82, 2.24) is 10.3 Å². The molecule has 0 atom stereocenters. The zero-order valence-electron chi connectivity index (χ0n) is 12.6. The van der Waals surface area contributed by atoms with Gasteiger partial charge in [-0.05, 0) is 36.4 Å². The van der Waals surface area contributed by atoms with Gasteiger partial charge in [-0.2, -0.15) is 8.78 Å². The second-order valence-electron chi connectivity index (χ2n) is 5.09. The minimum Gasteiger partial charge on any atom is -0.346 e. The first-order valence-electron chi connectivity index (χ1n) is 7.13. The second kappa shape index (κ2) is 6.85. The lowest BCUT2D eigenvalue weighted by atomic mass is 10.2. The maximum Gasteiger partial charge on any atom is 0.341 e. The van der Waals surface area contributed by atoms with E-state index in [1.165, 1.54) is 23.5 Å². The van der Waals surface area contributed by atoms with Crippen LogP contribution < -0.4 is 5.32 Å². The van der Waals surface area contributed by atoms with Crippen LogP contribution in [0.25, 0.3) is 10.2 Å². The number of para-hydroxylation sites is 1. The maximum atomic E-state index is 12.5. The molecule has 3 rings (SSSR count). The van der Waals surface area contributed by atoms with Gasteiger partial charge in [-0.15, -0.1) is 11.3 Å². The van der Waals surface area contributed by atoms with Crippen molar-refractivity contribution in [2.75, 3.05) is 0 Å². The van der Waals surface area contributed by atoms with Crippen molar-refractivity contribution in [3.8, 4) is 0 Å². The third kappa shape index (κ3) is 3.67. The number of amides is 1. The number of hydrogen-bond donors (Lipinski definition) is 1. The summed E-state index contributed by atoms with van der Waals surface area (Å²) < 4.78 is 48.7. The molecule has 1 heterocycles. The van der Waals surface area contributed by atoms with Crippen LogP contribution in [0.15, 0.2) is 53.4 Å². The van der Waals surface area contributed by atoms with Gasteiger partial charge in [0.25, 0.3) is 5.91 Å². The molecule has 0 fully saturated rings. The van der Waals surface area contributed by atoms with Crippen molar-refractivity contribution in [3.63, 3.8) is 0 Å². The highest BCUT2D eigenvalue weighted by Crippen LogP contribution is 2.21. The molecule has 0 saturated heterocycles. The van der Waals surface area contributed by atoms with Gasteiger partial charge in [0.2, 0.25) is 9.84 Å². The number of aromatic nitrogens is 1. The number of benzene rings is 2. The molecule has 0 aliphatic rings. The van der Waals surface area contributed by atoms with E-state index in [4.69, 9.17) is 0 Å². The largest absolute Gasteiger partial charge is 0.346 e. The molecule has 0 spiro atoms. The van der Waals surface area contributed by atoms with Gasteiger partial charge in [-0.3, -0.25) is 4.79 Å². The number of nitrogens with one attached hydrogen (secondary N) is 1. The first kappa shape index (κ1) is 17.4. The quantitative estimate of drug-likeness (QED) is 0.735. The molecule has 0 saturated carbocycles. The van der Waals surface area contributed by atoms with E-state index in [1.807, 2.05) is 24.3 Å². The fourth-order valence-corrected chi connectivity index (χ4v) is 3.78. The summed E-state index contributed by atoms with van der Waals surface area (Å²) in [5, 5.41) is 3.40. The number of alkyl halides is 2. The topological polar surface area (TPSA) is 76.1 Å². The summed E-state index contributed by atoms with van der Waals surface area (Å²) in [5.41, 5.74) is 1.02. The lowest BCUT2D eigenvalue weighted by Crippen LogP contribution is -2.22. The molecule has 0 bridgehead atoms.